The van der Waals surface area contributed by atoms with Gasteiger partial charge >= 0.3 is 0 Å². The summed E-state index contributed by atoms with van der Waals surface area (Å²) in [5.74, 6) is 1.22. The molecular weight excluding hydrogens is 338 g/mol. The molecule has 6 heteroatoms. The Morgan fingerprint density at radius 1 is 0.960 bits per heavy atom. The molecule has 0 aliphatic heterocycles. The molecular formula is C19H17NO4S. The normalized spacial score (nSPS) is 10.4. The number of aromatic nitrogens is 1. The highest BCUT2D eigenvalue weighted by atomic mass is 32.1. The topological polar surface area (TPSA) is 57.7 Å². The third-order valence-corrected chi connectivity index (χ3v) is 4.55. The van der Waals surface area contributed by atoms with Crippen molar-refractivity contribution in [3.63, 3.8) is 0 Å². The number of hydrogen-bond donors (Lipinski definition) is 0. The van der Waals surface area contributed by atoms with E-state index in [0.29, 0.717) is 28.4 Å². The van der Waals surface area contributed by atoms with Gasteiger partial charge in [-0.25, -0.2) is 4.98 Å². The Bertz CT molecular complexity index is 865. The van der Waals surface area contributed by atoms with Crippen molar-refractivity contribution in [2.75, 3.05) is 21.3 Å². The molecule has 0 fully saturated rings. The largest absolute Gasteiger partial charge is 0.493 e. The van der Waals surface area contributed by atoms with Crippen molar-refractivity contribution in [3.8, 4) is 27.8 Å². The maximum Gasteiger partial charge on any atom is 0.203 e. The molecule has 1 heterocycles. The molecule has 0 unspecified atom stereocenters. The Balaban J connectivity index is 2.02. The highest BCUT2D eigenvalue weighted by Gasteiger charge is 2.18. The molecule has 128 valence electrons. The first-order valence-corrected chi connectivity index (χ1v) is 8.40. The van der Waals surface area contributed by atoms with E-state index in [-0.39, 0.29) is 5.78 Å². The fourth-order valence-electron chi connectivity index (χ4n) is 2.54. The van der Waals surface area contributed by atoms with E-state index in [1.165, 1.54) is 32.7 Å². The summed E-state index contributed by atoms with van der Waals surface area (Å²) in [6, 6.07) is 10.7. The van der Waals surface area contributed by atoms with Crippen LogP contribution in [0.1, 0.15) is 15.9 Å². The number of ether oxygens (including phenoxy) is 3. The maximum atomic E-state index is 12.9. The zero-order valence-electron chi connectivity index (χ0n) is 14.1. The molecule has 1 aromatic heterocycles. The average molecular weight is 355 g/mol. The molecule has 0 spiro atoms. The highest BCUT2D eigenvalue weighted by molar-refractivity contribution is 7.13. The van der Waals surface area contributed by atoms with Gasteiger partial charge in [0.05, 0.1) is 21.3 Å². The molecule has 0 atom stereocenters. The van der Waals surface area contributed by atoms with Crippen LogP contribution >= 0.6 is 11.3 Å². The van der Waals surface area contributed by atoms with Crippen LogP contribution in [0.25, 0.3) is 10.6 Å². The van der Waals surface area contributed by atoms with Crippen molar-refractivity contribution < 1.29 is 19.0 Å². The van der Waals surface area contributed by atoms with E-state index < -0.39 is 0 Å². The Morgan fingerprint density at radius 2 is 1.68 bits per heavy atom. The quantitative estimate of drug-likeness (QED) is 0.624. The molecule has 3 rings (SSSR count). The minimum atomic E-state index is -0.127. The molecule has 0 aliphatic rings. The van der Waals surface area contributed by atoms with E-state index in [2.05, 4.69) is 4.98 Å². The van der Waals surface area contributed by atoms with E-state index in [0.717, 1.165) is 10.6 Å². The molecule has 0 saturated carbocycles. The summed E-state index contributed by atoms with van der Waals surface area (Å²) in [6.45, 7) is 0. The first kappa shape index (κ1) is 17.0. The highest BCUT2D eigenvalue weighted by Crippen LogP contribution is 2.38. The Morgan fingerprint density at radius 3 is 2.24 bits per heavy atom. The third kappa shape index (κ3) is 3.34. The number of rotatable bonds is 6. The second kappa shape index (κ2) is 7.36. The lowest BCUT2D eigenvalue weighted by Gasteiger charge is -2.13. The molecule has 0 amide bonds. The van der Waals surface area contributed by atoms with Crippen LogP contribution in [0.15, 0.2) is 48.0 Å². The zero-order chi connectivity index (χ0) is 17.8. The van der Waals surface area contributed by atoms with E-state index in [9.17, 15) is 4.79 Å². The molecule has 3 aromatic rings. The number of carbonyl (C=O) groups excluding carboxylic acids is 1. The molecule has 0 aliphatic carbocycles. The van der Waals surface area contributed by atoms with E-state index in [1.54, 1.807) is 24.4 Å². The second-order valence-corrected chi connectivity index (χ2v) is 6.06. The first-order chi connectivity index (χ1) is 12.2. The number of carbonyl (C=O) groups is 1. The van der Waals surface area contributed by atoms with Crippen LogP contribution in [0.5, 0.6) is 17.2 Å². The van der Waals surface area contributed by atoms with Crippen LogP contribution < -0.4 is 14.2 Å². The van der Waals surface area contributed by atoms with Crippen LogP contribution in [0.3, 0.4) is 0 Å². The van der Waals surface area contributed by atoms with Gasteiger partial charge in [0.15, 0.2) is 17.3 Å². The van der Waals surface area contributed by atoms with Crippen molar-refractivity contribution in [1.29, 1.82) is 0 Å². The van der Waals surface area contributed by atoms with Crippen molar-refractivity contribution in [2.24, 2.45) is 0 Å². The Hall–Kier alpha value is -2.86. The smallest absolute Gasteiger partial charge is 0.203 e. The number of methoxy groups -OCH3 is 3. The van der Waals surface area contributed by atoms with Crippen LogP contribution in [-0.2, 0) is 0 Å². The van der Waals surface area contributed by atoms with Gasteiger partial charge in [0.25, 0.3) is 0 Å². The molecule has 25 heavy (non-hydrogen) atoms. The fraction of sp³-hybridized carbons (Fsp3) is 0.158. The lowest BCUT2D eigenvalue weighted by molar-refractivity contribution is 0.103. The summed E-state index contributed by atoms with van der Waals surface area (Å²) in [5.41, 5.74) is 1.95. The summed E-state index contributed by atoms with van der Waals surface area (Å²) in [6.07, 6.45) is 1.74. The Labute approximate surface area is 149 Å². The number of ketones is 1. The van der Waals surface area contributed by atoms with Crippen molar-refractivity contribution in [3.05, 3.63) is 59.1 Å². The predicted molar refractivity (Wildman–Crippen MR) is 97.1 cm³/mol. The molecule has 0 radical (unpaired) electrons. The summed E-state index contributed by atoms with van der Waals surface area (Å²) < 4.78 is 15.9. The second-order valence-electron chi connectivity index (χ2n) is 5.16. The molecule has 2 aromatic carbocycles. The standard InChI is InChI=1S/C19H17NO4S/c1-22-15-10-14(11-16(23-2)18(15)24-3)17(21)12-5-4-6-13(9-12)19-20-7-8-25-19/h4-11H,1-3H3. The zero-order valence-corrected chi connectivity index (χ0v) is 14.9. The van der Waals surface area contributed by atoms with Gasteiger partial charge in [-0.2, -0.15) is 0 Å². The van der Waals surface area contributed by atoms with Crippen LogP contribution in [0, 0.1) is 0 Å². The van der Waals surface area contributed by atoms with Crippen LogP contribution in [-0.4, -0.2) is 32.1 Å². The van der Waals surface area contributed by atoms with Gasteiger partial charge in [0, 0.05) is 28.3 Å². The summed E-state index contributed by atoms with van der Waals surface area (Å²) in [5, 5.41) is 2.78. The van der Waals surface area contributed by atoms with Crippen molar-refractivity contribution >= 4 is 17.1 Å². The number of thiazole rings is 1. The molecule has 0 saturated heterocycles. The van der Waals surface area contributed by atoms with Gasteiger partial charge in [-0.3, -0.25) is 4.79 Å². The fourth-order valence-corrected chi connectivity index (χ4v) is 3.17. The van der Waals surface area contributed by atoms with Crippen LogP contribution in [0.2, 0.25) is 0 Å². The molecule has 5 nitrogen and oxygen atoms in total. The third-order valence-electron chi connectivity index (χ3n) is 3.73. The van der Waals surface area contributed by atoms with E-state index in [4.69, 9.17) is 14.2 Å². The minimum absolute atomic E-state index is 0.127. The van der Waals surface area contributed by atoms with Gasteiger partial charge in [-0.15, -0.1) is 11.3 Å². The van der Waals surface area contributed by atoms with Gasteiger partial charge in [-0.1, -0.05) is 18.2 Å². The average Bonchev–Trinajstić information content (AvgIpc) is 3.21. The van der Waals surface area contributed by atoms with Crippen molar-refractivity contribution in [2.45, 2.75) is 0 Å². The van der Waals surface area contributed by atoms with Gasteiger partial charge in [0.2, 0.25) is 5.75 Å². The van der Waals surface area contributed by atoms with E-state index in [1.807, 2.05) is 23.6 Å². The Kier molecular flexibility index (Phi) is 5.00. The van der Waals surface area contributed by atoms with Crippen LogP contribution in [0.4, 0.5) is 0 Å². The van der Waals surface area contributed by atoms with Crippen molar-refractivity contribution in [1.82, 2.24) is 4.98 Å². The lowest BCUT2D eigenvalue weighted by Crippen LogP contribution is -2.04. The summed E-state index contributed by atoms with van der Waals surface area (Å²) in [7, 11) is 4.57. The van der Waals surface area contributed by atoms with Gasteiger partial charge in [-0.05, 0) is 18.2 Å². The lowest BCUT2D eigenvalue weighted by atomic mass is 10.0. The number of benzene rings is 2. The molecule has 0 bridgehead atoms. The molecule has 0 N–H and O–H groups in total. The predicted octanol–water partition coefficient (Wildman–Crippen LogP) is 4.07. The van der Waals surface area contributed by atoms with Gasteiger partial charge in [0.1, 0.15) is 5.01 Å². The summed E-state index contributed by atoms with van der Waals surface area (Å²) in [4.78, 5) is 17.2. The SMILES string of the molecule is COc1cc(C(=O)c2cccc(-c3nccs3)c2)cc(OC)c1OC. The number of hydrogen-bond acceptors (Lipinski definition) is 6. The first-order valence-electron chi connectivity index (χ1n) is 7.52. The van der Waals surface area contributed by atoms with Gasteiger partial charge < -0.3 is 14.2 Å². The van der Waals surface area contributed by atoms with E-state index >= 15 is 0 Å². The number of nitrogens with zero attached hydrogens (tertiary/aromatic N) is 1. The summed E-state index contributed by atoms with van der Waals surface area (Å²) >= 11 is 1.53. The maximum absolute atomic E-state index is 12.9. The minimum Gasteiger partial charge on any atom is -0.493 e. The monoisotopic (exact) mass is 355 g/mol.